The van der Waals surface area contributed by atoms with E-state index in [9.17, 15) is 27.8 Å². The summed E-state index contributed by atoms with van der Waals surface area (Å²) < 4.78 is 42.1. The first-order chi connectivity index (χ1) is 19.1. The average molecular weight is 571 g/mol. The minimum absolute atomic E-state index is 0.0137. The SMILES string of the molecule is CS(=O)(=O)c1cc(OCC(O)CNC2CCC(c3ccc(C(=O)NCc4ccc(F)cc4)cc3)CC2)ccc1O. The number of benzene rings is 3. The Morgan fingerprint density at radius 3 is 2.35 bits per heavy atom. The molecule has 0 aliphatic heterocycles. The topological polar surface area (TPSA) is 125 Å². The van der Waals surface area contributed by atoms with Gasteiger partial charge in [-0.15, -0.1) is 0 Å². The van der Waals surface area contributed by atoms with Gasteiger partial charge < -0.3 is 25.6 Å². The number of aliphatic hydroxyl groups is 1. The van der Waals surface area contributed by atoms with Gasteiger partial charge in [0.2, 0.25) is 0 Å². The Labute approximate surface area is 234 Å². The third kappa shape index (κ3) is 8.27. The molecule has 8 nitrogen and oxygen atoms in total. The number of hydrogen-bond donors (Lipinski definition) is 4. The van der Waals surface area contributed by atoms with Gasteiger partial charge in [0.05, 0.1) is 0 Å². The third-order valence-corrected chi connectivity index (χ3v) is 8.28. The van der Waals surface area contributed by atoms with Crippen molar-refractivity contribution >= 4 is 15.7 Å². The summed E-state index contributed by atoms with van der Waals surface area (Å²) in [7, 11) is -3.60. The molecule has 4 N–H and O–H groups in total. The van der Waals surface area contributed by atoms with Crippen molar-refractivity contribution < 1.29 is 32.6 Å². The maximum Gasteiger partial charge on any atom is 0.251 e. The Kier molecular flexibility index (Phi) is 9.78. The highest BCUT2D eigenvalue weighted by atomic mass is 32.2. The molecule has 1 saturated carbocycles. The summed E-state index contributed by atoms with van der Waals surface area (Å²) in [6.45, 7) is 0.661. The predicted molar refractivity (Wildman–Crippen MR) is 150 cm³/mol. The molecule has 3 aromatic rings. The lowest BCUT2D eigenvalue weighted by atomic mass is 9.81. The number of hydrogen-bond acceptors (Lipinski definition) is 7. The second-order valence-electron chi connectivity index (χ2n) is 10.3. The molecule has 1 aliphatic carbocycles. The normalized spacial score (nSPS) is 18.2. The van der Waals surface area contributed by atoms with Crippen molar-refractivity contribution in [3.8, 4) is 11.5 Å². The highest BCUT2D eigenvalue weighted by Gasteiger charge is 2.23. The van der Waals surface area contributed by atoms with Crippen molar-refractivity contribution in [1.29, 1.82) is 0 Å². The van der Waals surface area contributed by atoms with Crippen LogP contribution in [0.15, 0.2) is 71.6 Å². The van der Waals surface area contributed by atoms with Crippen LogP contribution in [-0.4, -0.2) is 56.1 Å². The maximum absolute atomic E-state index is 13.0. The summed E-state index contributed by atoms with van der Waals surface area (Å²) in [5.41, 5.74) is 2.61. The fraction of sp³-hybridized carbons (Fsp3) is 0.367. The van der Waals surface area contributed by atoms with Crippen molar-refractivity contribution in [3.05, 3.63) is 89.2 Å². The summed E-state index contributed by atoms with van der Waals surface area (Å²) in [6.07, 6.45) is 4.11. The summed E-state index contributed by atoms with van der Waals surface area (Å²) >= 11 is 0. The Balaban J connectivity index is 1.17. The van der Waals surface area contributed by atoms with E-state index in [2.05, 4.69) is 10.6 Å². The van der Waals surface area contributed by atoms with Crippen LogP contribution in [0.25, 0.3) is 0 Å². The number of aromatic hydroxyl groups is 1. The van der Waals surface area contributed by atoms with Crippen LogP contribution in [-0.2, 0) is 16.4 Å². The van der Waals surface area contributed by atoms with Gasteiger partial charge in [0.25, 0.3) is 5.91 Å². The van der Waals surface area contributed by atoms with E-state index in [1.807, 2.05) is 24.3 Å². The van der Waals surface area contributed by atoms with Gasteiger partial charge in [0.1, 0.15) is 34.9 Å². The molecule has 0 bridgehead atoms. The van der Waals surface area contributed by atoms with Crippen LogP contribution < -0.4 is 15.4 Å². The molecule has 0 spiro atoms. The molecule has 1 aliphatic rings. The lowest BCUT2D eigenvalue weighted by Crippen LogP contribution is -2.39. The van der Waals surface area contributed by atoms with Crippen LogP contribution in [0.1, 0.15) is 53.1 Å². The second-order valence-corrected chi connectivity index (χ2v) is 12.2. The van der Waals surface area contributed by atoms with Crippen molar-refractivity contribution in [2.45, 2.75) is 55.2 Å². The molecule has 0 aromatic heterocycles. The number of aliphatic hydroxyl groups excluding tert-OH is 1. The fourth-order valence-electron chi connectivity index (χ4n) is 4.86. The Bertz CT molecular complexity index is 1390. The first-order valence-corrected chi connectivity index (χ1v) is 15.2. The molecule has 0 saturated heterocycles. The molecular weight excluding hydrogens is 535 g/mol. The minimum Gasteiger partial charge on any atom is -0.507 e. The van der Waals surface area contributed by atoms with E-state index < -0.39 is 15.9 Å². The lowest BCUT2D eigenvalue weighted by Gasteiger charge is -2.30. The summed E-state index contributed by atoms with van der Waals surface area (Å²) in [5.74, 6) is -0.159. The Morgan fingerprint density at radius 2 is 1.70 bits per heavy atom. The van der Waals surface area contributed by atoms with E-state index >= 15 is 0 Å². The molecule has 1 amide bonds. The summed E-state index contributed by atoms with van der Waals surface area (Å²) in [5, 5.41) is 26.3. The molecule has 1 fully saturated rings. The van der Waals surface area contributed by atoms with E-state index in [1.54, 1.807) is 12.1 Å². The fourth-order valence-corrected chi connectivity index (χ4v) is 5.64. The van der Waals surface area contributed by atoms with Gasteiger partial charge in [-0.2, -0.15) is 0 Å². The van der Waals surface area contributed by atoms with Crippen LogP contribution in [0.5, 0.6) is 11.5 Å². The van der Waals surface area contributed by atoms with E-state index in [-0.39, 0.29) is 40.8 Å². The first-order valence-electron chi connectivity index (χ1n) is 13.3. The van der Waals surface area contributed by atoms with Crippen LogP contribution >= 0.6 is 0 Å². The number of nitrogens with one attached hydrogen (secondary N) is 2. The van der Waals surface area contributed by atoms with Crippen LogP contribution in [0.4, 0.5) is 4.39 Å². The number of sulfone groups is 1. The predicted octanol–water partition coefficient (Wildman–Crippen LogP) is 3.92. The van der Waals surface area contributed by atoms with Crippen LogP contribution in [0.3, 0.4) is 0 Å². The monoisotopic (exact) mass is 570 g/mol. The molecule has 1 unspecified atom stereocenters. The van der Waals surface area contributed by atoms with Crippen LogP contribution in [0, 0.1) is 5.82 Å². The molecule has 40 heavy (non-hydrogen) atoms. The third-order valence-electron chi connectivity index (χ3n) is 7.15. The number of rotatable bonds is 11. The molecule has 10 heteroatoms. The summed E-state index contributed by atoms with van der Waals surface area (Å²) in [4.78, 5) is 12.3. The largest absolute Gasteiger partial charge is 0.507 e. The summed E-state index contributed by atoms with van der Waals surface area (Å²) in [6, 6.07) is 18.0. The zero-order chi connectivity index (χ0) is 28.7. The van der Waals surface area contributed by atoms with Gasteiger partial charge in [0, 0.05) is 37.0 Å². The smallest absolute Gasteiger partial charge is 0.251 e. The molecule has 4 rings (SSSR count). The number of phenols is 1. The quantitative estimate of drug-likeness (QED) is 0.275. The van der Waals surface area contributed by atoms with Gasteiger partial charge in [-0.3, -0.25) is 4.79 Å². The first kappa shape index (κ1) is 29.5. The van der Waals surface area contributed by atoms with E-state index in [4.69, 9.17) is 4.74 Å². The Morgan fingerprint density at radius 1 is 1.02 bits per heavy atom. The van der Waals surface area contributed by atoms with E-state index in [0.29, 0.717) is 24.6 Å². The zero-order valence-corrected chi connectivity index (χ0v) is 23.2. The number of carbonyl (C=O) groups is 1. The number of ether oxygens (including phenoxy) is 1. The molecule has 0 radical (unpaired) electrons. The van der Waals surface area contributed by atoms with Gasteiger partial charge >= 0.3 is 0 Å². The Hall–Kier alpha value is -3.47. The standard InChI is InChI=1S/C30H35FN2O6S/c1-40(37,38)29-16-27(14-15-28(29)35)39-19-26(34)18-32-25-12-8-22(9-13-25)21-4-6-23(7-5-21)30(36)33-17-20-2-10-24(31)11-3-20/h2-7,10-11,14-16,22,25-26,32,34-35H,8-9,12-13,17-19H2,1H3,(H,33,36). The highest BCUT2D eigenvalue weighted by molar-refractivity contribution is 7.90. The average Bonchev–Trinajstić information content (AvgIpc) is 2.95. The van der Waals surface area contributed by atoms with Gasteiger partial charge in [-0.05, 0) is 79.1 Å². The molecule has 214 valence electrons. The molecule has 1 atom stereocenters. The highest BCUT2D eigenvalue weighted by Crippen LogP contribution is 2.33. The second kappa shape index (κ2) is 13.3. The number of halogens is 1. The lowest BCUT2D eigenvalue weighted by molar-refractivity contribution is 0.0950. The van der Waals surface area contributed by atoms with Gasteiger partial charge in [-0.25, -0.2) is 12.8 Å². The number of phenolic OH excluding ortho intramolecular Hbond substituents is 1. The van der Waals surface area contributed by atoms with Crippen molar-refractivity contribution in [3.63, 3.8) is 0 Å². The van der Waals surface area contributed by atoms with E-state index in [1.165, 1.54) is 35.9 Å². The maximum atomic E-state index is 13.0. The van der Waals surface area contributed by atoms with Crippen molar-refractivity contribution in [2.75, 3.05) is 19.4 Å². The zero-order valence-electron chi connectivity index (χ0n) is 22.3. The van der Waals surface area contributed by atoms with Crippen molar-refractivity contribution in [1.82, 2.24) is 10.6 Å². The van der Waals surface area contributed by atoms with Gasteiger partial charge in [0.15, 0.2) is 9.84 Å². The van der Waals surface area contributed by atoms with Gasteiger partial charge in [-0.1, -0.05) is 24.3 Å². The molecule has 0 heterocycles. The minimum atomic E-state index is -3.60. The van der Waals surface area contributed by atoms with Crippen molar-refractivity contribution in [2.24, 2.45) is 0 Å². The number of amides is 1. The number of carbonyl (C=O) groups excluding carboxylic acids is 1. The molecule has 3 aromatic carbocycles. The van der Waals surface area contributed by atoms with E-state index in [0.717, 1.165) is 37.5 Å². The van der Waals surface area contributed by atoms with Crippen LogP contribution in [0.2, 0.25) is 0 Å². The molecular formula is C30H35FN2O6S.